The van der Waals surface area contributed by atoms with E-state index in [9.17, 15) is 19.7 Å². The van der Waals surface area contributed by atoms with Crippen molar-refractivity contribution in [3.63, 3.8) is 0 Å². The van der Waals surface area contributed by atoms with Crippen LogP contribution < -0.4 is 14.5 Å². The molecule has 0 amide bonds. The maximum atomic E-state index is 11.3. The summed E-state index contributed by atoms with van der Waals surface area (Å²) < 4.78 is 5.20. The molecule has 23 heavy (non-hydrogen) atoms. The number of benzene rings is 1. The highest BCUT2D eigenvalue weighted by Crippen LogP contribution is 2.43. The van der Waals surface area contributed by atoms with E-state index in [0.29, 0.717) is 5.69 Å². The van der Waals surface area contributed by atoms with Gasteiger partial charge in [-0.25, -0.2) is 0 Å². The molecule has 0 fully saturated rings. The first-order valence-electron chi connectivity index (χ1n) is 6.40. The lowest BCUT2D eigenvalue weighted by atomic mass is 10.1. The van der Waals surface area contributed by atoms with E-state index >= 15 is 0 Å². The minimum absolute atomic E-state index is 0.0340. The number of aliphatic carboxylic acids is 2. The summed E-state index contributed by atoms with van der Waals surface area (Å²) in [5, 5.41) is 29.2. The Morgan fingerprint density at radius 2 is 1.74 bits per heavy atom. The third kappa shape index (κ3) is 4.22. The SMILES string of the molecule is COc1c(N(C)C)ccc([N+](=O)[O-])c1N(CC(=O)O)CC(=O)O. The molecule has 0 saturated heterocycles. The molecule has 0 aromatic heterocycles. The van der Waals surface area contributed by atoms with Crippen LogP contribution in [0.2, 0.25) is 0 Å². The maximum absolute atomic E-state index is 11.3. The van der Waals surface area contributed by atoms with Crippen LogP contribution in [0, 0.1) is 10.1 Å². The molecule has 126 valence electrons. The van der Waals surface area contributed by atoms with Gasteiger partial charge < -0.3 is 24.7 Å². The molecule has 1 rings (SSSR count). The lowest BCUT2D eigenvalue weighted by Crippen LogP contribution is -2.35. The second-order valence-electron chi connectivity index (χ2n) is 4.78. The fourth-order valence-electron chi connectivity index (χ4n) is 2.10. The van der Waals surface area contributed by atoms with Crippen molar-refractivity contribution in [1.82, 2.24) is 0 Å². The molecule has 1 aromatic rings. The van der Waals surface area contributed by atoms with E-state index in [0.717, 1.165) is 4.90 Å². The Balaban J connectivity index is 3.64. The monoisotopic (exact) mass is 327 g/mol. The van der Waals surface area contributed by atoms with Crippen molar-refractivity contribution in [2.75, 3.05) is 44.1 Å². The zero-order valence-corrected chi connectivity index (χ0v) is 12.8. The topological polar surface area (TPSA) is 133 Å². The molecule has 0 bridgehead atoms. The summed E-state index contributed by atoms with van der Waals surface area (Å²) in [5.41, 5.74) is -0.169. The first kappa shape index (κ1) is 18.0. The summed E-state index contributed by atoms with van der Waals surface area (Å²) >= 11 is 0. The highest BCUT2D eigenvalue weighted by atomic mass is 16.6. The van der Waals surface area contributed by atoms with E-state index in [-0.39, 0.29) is 11.4 Å². The summed E-state index contributed by atoms with van der Waals surface area (Å²) in [7, 11) is 4.62. The van der Waals surface area contributed by atoms with Gasteiger partial charge in [-0.3, -0.25) is 19.7 Å². The van der Waals surface area contributed by atoms with Crippen LogP contribution in [0.25, 0.3) is 0 Å². The molecule has 0 saturated carbocycles. The van der Waals surface area contributed by atoms with E-state index in [1.807, 2.05) is 0 Å². The molecule has 10 nitrogen and oxygen atoms in total. The Kier molecular flexibility index (Phi) is 5.71. The smallest absolute Gasteiger partial charge is 0.323 e. The largest absolute Gasteiger partial charge is 0.492 e. The maximum Gasteiger partial charge on any atom is 0.323 e. The second kappa shape index (κ2) is 7.29. The van der Waals surface area contributed by atoms with Gasteiger partial charge in [0.1, 0.15) is 13.1 Å². The molecule has 0 aliphatic carbocycles. The Morgan fingerprint density at radius 1 is 1.22 bits per heavy atom. The number of nitro benzene ring substituents is 1. The molecular weight excluding hydrogens is 310 g/mol. The van der Waals surface area contributed by atoms with E-state index in [1.165, 1.54) is 19.2 Å². The normalized spacial score (nSPS) is 10.0. The fraction of sp³-hybridized carbons (Fsp3) is 0.385. The Morgan fingerprint density at radius 3 is 2.09 bits per heavy atom. The average Bonchev–Trinajstić information content (AvgIpc) is 2.43. The van der Waals surface area contributed by atoms with Crippen LogP contribution in [0.5, 0.6) is 5.75 Å². The number of ether oxygens (including phenoxy) is 1. The Labute approximate surface area is 131 Å². The molecule has 0 atom stereocenters. The number of anilines is 2. The molecule has 0 aliphatic heterocycles. The molecule has 0 radical (unpaired) electrons. The molecule has 2 N–H and O–H groups in total. The quantitative estimate of drug-likeness (QED) is 0.521. The van der Waals surface area contributed by atoms with Crippen molar-refractivity contribution in [2.24, 2.45) is 0 Å². The van der Waals surface area contributed by atoms with Gasteiger partial charge in [0.25, 0.3) is 5.69 Å². The van der Waals surface area contributed by atoms with Gasteiger partial charge in [0.05, 0.1) is 17.7 Å². The van der Waals surface area contributed by atoms with Gasteiger partial charge in [-0.2, -0.15) is 0 Å². The first-order chi connectivity index (χ1) is 10.7. The third-order valence-corrected chi connectivity index (χ3v) is 2.94. The van der Waals surface area contributed by atoms with Gasteiger partial charge in [0.15, 0.2) is 11.4 Å². The number of nitro groups is 1. The second-order valence-corrected chi connectivity index (χ2v) is 4.78. The first-order valence-corrected chi connectivity index (χ1v) is 6.40. The Bertz CT molecular complexity index is 614. The molecule has 1 aromatic carbocycles. The Hall–Kier alpha value is -3.04. The molecule has 0 spiro atoms. The van der Waals surface area contributed by atoms with Gasteiger partial charge in [0, 0.05) is 20.2 Å². The lowest BCUT2D eigenvalue weighted by Gasteiger charge is -2.26. The minimum atomic E-state index is -1.32. The van der Waals surface area contributed by atoms with Crippen molar-refractivity contribution < 1.29 is 29.5 Å². The van der Waals surface area contributed by atoms with Gasteiger partial charge in [0.2, 0.25) is 0 Å². The van der Waals surface area contributed by atoms with Crippen molar-refractivity contribution >= 4 is 29.0 Å². The fourth-order valence-corrected chi connectivity index (χ4v) is 2.10. The summed E-state index contributed by atoms with van der Waals surface area (Å²) in [6, 6.07) is 2.63. The lowest BCUT2D eigenvalue weighted by molar-refractivity contribution is -0.384. The van der Waals surface area contributed by atoms with Gasteiger partial charge in [-0.1, -0.05) is 0 Å². The molecular formula is C13H17N3O7. The predicted molar refractivity (Wildman–Crippen MR) is 81.5 cm³/mol. The number of nitrogens with zero attached hydrogens (tertiary/aromatic N) is 3. The zero-order valence-electron chi connectivity index (χ0n) is 12.8. The molecule has 10 heteroatoms. The van der Waals surface area contributed by atoms with E-state index in [4.69, 9.17) is 14.9 Å². The third-order valence-electron chi connectivity index (χ3n) is 2.94. The van der Waals surface area contributed by atoms with Crippen molar-refractivity contribution in [3.05, 3.63) is 22.2 Å². The van der Waals surface area contributed by atoms with Crippen LogP contribution in [0.1, 0.15) is 0 Å². The summed E-state index contributed by atoms with van der Waals surface area (Å²) in [6.07, 6.45) is 0. The zero-order chi connectivity index (χ0) is 17.7. The number of carbonyl (C=O) groups is 2. The van der Waals surface area contributed by atoms with Crippen LogP contribution in [0.15, 0.2) is 12.1 Å². The van der Waals surface area contributed by atoms with Crippen LogP contribution >= 0.6 is 0 Å². The number of carboxylic acid groups (broad SMARTS) is 2. The van der Waals surface area contributed by atoms with Gasteiger partial charge in [-0.05, 0) is 6.07 Å². The number of hydrogen-bond donors (Lipinski definition) is 2. The number of rotatable bonds is 8. The number of methoxy groups -OCH3 is 1. The predicted octanol–water partition coefficient (Wildman–Crippen LogP) is 0.645. The number of hydrogen-bond acceptors (Lipinski definition) is 7. The molecule has 0 aliphatic rings. The van der Waals surface area contributed by atoms with E-state index in [2.05, 4.69) is 0 Å². The van der Waals surface area contributed by atoms with Gasteiger partial charge in [-0.15, -0.1) is 0 Å². The van der Waals surface area contributed by atoms with Crippen molar-refractivity contribution in [2.45, 2.75) is 0 Å². The van der Waals surface area contributed by atoms with Gasteiger partial charge >= 0.3 is 11.9 Å². The summed E-state index contributed by atoms with van der Waals surface area (Å²) in [5.74, 6) is -2.61. The summed E-state index contributed by atoms with van der Waals surface area (Å²) in [6.45, 7) is -1.44. The van der Waals surface area contributed by atoms with Crippen LogP contribution in [0.3, 0.4) is 0 Å². The van der Waals surface area contributed by atoms with E-state index in [1.54, 1.807) is 19.0 Å². The molecule has 0 heterocycles. The minimum Gasteiger partial charge on any atom is -0.492 e. The van der Waals surface area contributed by atoms with Crippen LogP contribution in [0.4, 0.5) is 17.1 Å². The average molecular weight is 327 g/mol. The van der Waals surface area contributed by atoms with Crippen molar-refractivity contribution in [1.29, 1.82) is 0 Å². The highest BCUT2D eigenvalue weighted by Gasteiger charge is 2.29. The highest BCUT2D eigenvalue weighted by molar-refractivity contribution is 5.87. The standard InChI is InChI=1S/C13H17N3O7/c1-14(2)9-5-4-8(16(21)22)12(13(9)23-3)15(6-10(17)18)7-11(19)20/h4-5H,6-7H2,1-3H3,(H,17,18)(H,19,20). The number of carboxylic acids is 2. The van der Waals surface area contributed by atoms with Crippen LogP contribution in [-0.2, 0) is 9.59 Å². The summed E-state index contributed by atoms with van der Waals surface area (Å²) in [4.78, 5) is 35.1. The molecule has 0 unspecified atom stereocenters. The van der Waals surface area contributed by atoms with E-state index < -0.39 is 35.6 Å². The van der Waals surface area contributed by atoms with Crippen LogP contribution in [-0.4, -0.2) is 61.4 Å². The van der Waals surface area contributed by atoms with Crippen molar-refractivity contribution in [3.8, 4) is 5.75 Å².